The molecular formula is C14H16FN3. The Kier molecular flexibility index (Phi) is 3.99. The van der Waals surface area contributed by atoms with E-state index in [4.69, 9.17) is 0 Å². The van der Waals surface area contributed by atoms with E-state index in [-0.39, 0.29) is 11.9 Å². The number of aryl methyl sites for hydroxylation is 1. The molecule has 0 aliphatic carbocycles. The smallest absolute Gasteiger partial charge is 0.123 e. The van der Waals surface area contributed by atoms with Crippen LogP contribution in [-0.2, 0) is 6.54 Å². The Morgan fingerprint density at radius 1 is 1.17 bits per heavy atom. The lowest BCUT2D eigenvalue weighted by Crippen LogP contribution is -2.18. The van der Waals surface area contributed by atoms with E-state index in [1.165, 1.54) is 12.1 Å². The molecule has 1 aromatic heterocycles. The lowest BCUT2D eigenvalue weighted by molar-refractivity contribution is 0.563. The van der Waals surface area contributed by atoms with Crippen LogP contribution in [0.15, 0.2) is 36.7 Å². The van der Waals surface area contributed by atoms with E-state index in [1.807, 2.05) is 13.8 Å². The first-order valence-electron chi connectivity index (χ1n) is 5.91. The molecule has 1 aromatic carbocycles. The van der Waals surface area contributed by atoms with Gasteiger partial charge in [-0.25, -0.2) is 4.39 Å². The minimum atomic E-state index is -0.213. The van der Waals surface area contributed by atoms with Gasteiger partial charge in [0, 0.05) is 25.0 Å². The minimum Gasteiger partial charge on any atom is -0.305 e. The zero-order valence-electron chi connectivity index (χ0n) is 10.5. The fraction of sp³-hybridized carbons (Fsp3) is 0.286. The second kappa shape index (κ2) is 5.69. The molecule has 0 bridgehead atoms. The molecule has 0 saturated carbocycles. The molecule has 1 atom stereocenters. The van der Waals surface area contributed by atoms with Crippen molar-refractivity contribution in [3.05, 3.63) is 59.4 Å². The van der Waals surface area contributed by atoms with Gasteiger partial charge in [-0.05, 0) is 31.5 Å². The normalized spacial score (nSPS) is 12.4. The van der Waals surface area contributed by atoms with Gasteiger partial charge in [0.15, 0.2) is 0 Å². The minimum absolute atomic E-state index is 0.147. The standard InChI is InChI=1S/C14H16FN3/c1-10-7-18-14(8-16-10)9-17-11(2)12-3-5-13(15)6-4-12/h3-8,11,17H,9H2,1-2H3. The van der Waals surface area contributed by atoms with Gasteiger partial charge < -0.3 is 5.32 Å². The molecule has 0 aliphatic heterocycles. The van der Waals surface area contributed by atoms with Crippen LogP contribution in [0, 0.1) is 12.7 Å². The Labute approximate surface area is 106 Å². The van der Waals surface area contributed by atoms with E-state index in [1.54, 1.807) is 24.5 Å². The quantitative estimate of drug-likeness (QED) is 0.900. The first-order chi connectivity index (χ1) is 8.65. The second-order valence-electron chi connectivity index (χ2n) is 4.30. The van der Waals surface area contributed by atoms with E-state index in [9.17, 15) is 4.39 Å². The van der Waals surface area contributed by atoms with Gasteiger partial charge in [0.1, 0.15) is 5.82 Å². The van der Waals surface area contributed by atoms with Crippen LogP contribution in [0.2, 0.25) is 0 Å². The molecule has 0 radical (unpaired) electrons. The molecule has 0 fully saturated rings. The third kappa shape index (κ3) is 3.34. The lowest BCUT2D eigenvalue weighted by Gasteiger charge is -2.13. The van der Waals surface area contributed by atoms with Gasteiger partial charge in [0.2, 0.25) is 0 Å². The fourth-order valence-corrected chi connectivity index (χ4v) is 1.64. The molecular weight excluding hydrogens is 229 g/mol. The maximum absolute atomic E-state index is 12.8. The average molecular weight is 245 g/mol. The van der Waals surface area contributed by atoms with Crippen LogP contribution in [0.3, 0.4) is 0 Å². The molecule has 0 amide bonds. The van der Waals surface area contributed by atoms with Gasteiger partial charge in [-0.15, -0.1) is 0 Å². The predicted molar refractivity (Wildman–Crippen MR) is 68.4 cm³/mol. The summed E-state index contributed by atoms with van der Waals surface area (Å²) in [4.78, 5) is 8.46. The molecule has 0 aliphatic rings. The summed E-state index contributed by atoms with van der Waals surface area (Å²) in [6.45, 7) is 4.59. The highest BCUT2D eigenvalue weighted by molar-refractivity contribution is 5.19. The van der Waals surface area contributed by atoms with Crippen molar-refractivity contribution >= 4 is 0 Å². The van der Waals surface area contributed by atoms with E-state index in [2.05, 4.69) is 15.3 Å². The number of aromatic nitrogens is 2. The van der Waals surface area contributed by atoms with Crippen molar-refractivity contribution in [2.45, 2.75) is 26.4 Å². The number of hydrogen-bond acceptors (Lipinski definition) is 3. The highest BCUT2D eigenvalue weighted by Crippen LogP contribution is 2.13. The summed E-state index contributed by atoms with van der Waals surface area (Å²) in [5.41, 5.74) is 2.86. The van der Waals surface area contributed by atoms with Crippen LogP contribution in [0.1, 0.15) is 29.9 Å². The summed E-state index contributed by atoms with van der Waals surface area (Å²) in [6.07, 6.45) is 3.51. The van der Waals surface area contributed by atoms with Crippen molar-refractivity contribution in [3.8, 4) is 0 Å². The third-order valence-electron chi connectivity index (χ3n) is 2.79. The summed E-state index contributed by atoms with van der Waals surface area (Å²) in [5.74, 6) is -0.213. The number of rotatable bonds is 4. The molecule has 0 saturated heterocycles. The summed E-state index contributed by atoms with van der Waals surface area (Å²) in [5, 5.41) is 3.33. The van der Waals surface area contributed by atoms with Crippen molar-refractivity contribution in [1.29, 1.82) is 0 Å². The topological polar surface area (TPSA) is 37.8 Å². The van der Waals surface area contributed by atoms with Crippen LogP contribution < -0.4 is 5.32 Å². The van der Waals surface area contributed by atoms with Gasteiger partial charge in [0.05, 0.1) is 11.4 Å². The third-order valence-corrected chi connectivity index (χ3v) is 2.79. The van der Waals surface area contributed by atoms with Crippen molar-refractivity contribution in [1.82, 2.24) is 15.3 Å². The second-order valence-corrected chi connectivity index (χ2v) is 4.30. The number of nitrogens with zero attached hydrogens (tertiary/aromatic N) is 2. The van der Waals surface area contributed by atoms with Gasteiger partial charge in [0.25, 0.3) is 0 Å². The Morgan fingerprint density at radius 2 is 1.89 bits per heavy atom. The average Bonchev–Trinajstić information content (AvgIpc) is 2.38. The molecule has 0 spiro atoms. The van der Waals surface area contributed by atoms with E-state index in [0.29, 0.717) is 6.54 Å². The highest BCUT2D eigenvalue weighted by atomic mass is 19.1. The van der Waals surface area contributed by atoms with Crippen molar-refractivity contribution < 1.29 is 4.39 Å². The lowest BCUT2D eigenvalue weighted by atomic mass is 10.1. The van der Waals surface area contributed by atoms with Crippen LogP contribution in [0.4, 0.5) is 4.39 Å². The number of benzene rings is 1. The van der Waals surface area contributed by atoms with Gasteiger partial charge in [-0.1, -0.05) is 12.1 Å². The Morgan fingerprint density at radius 3 is 2.50 bits per heavy atom. The summed E-state index contributed by atoms with van der Waals surface area (Å²) < 4.78 is 12.8. The van der Waals surface area contributed by atoms with E-state index in [0.717, 1.165) is 17.0 Å². The molecule has 1 N–H and O–H groups in total. The zero-order valence-corrected chi connectivity index (χ0v) is 10.5. The molecule has 1 unspecified atom stereocenters. The first-order valence-corrected chi connectivity index (χ1v) is 5.91. The summed E-state index contributed by atoms with van der Waals surface area (Å²) in [7, 11) is 0. The molecule has 1 heterocycles. The van der Waals surface area contributed by atoms with Gasteiger partial charge in [-0.2, -0.15) is 0 Å². The monoisotopic (exact) mass is 245 g/mol. The molecule has 94 valence electrons. The van der Waals surface area contributed by atoms with Crippen LogP contribution in [0.5, 0.6) is 0 Å². The Bertz CT molecular complexity index is 493. The van der Waals surface area contributed by atoms with Crippen LogP contribution in [0.25, 0.3) is 0 Å². The van der Waals surface area contributed by atoms with Gasteiger partial charge >= 0.3 is 0 Å². The number of hydrogen-bond donors (Lipinski definition) is 1. The van der Waals surface area contributed by atoms with Crippen molar-refractivity contribution in [3.63, 3.8) is 0 Å². The Balaban J connectivity index is 1.93. The van der Waals surface area contributed by atoms with Crippen LogP contribution in [-0.4, -0.2) is 9.97 Å². The molecule has 2 aromatic rings. The Hall–Kier alpha value is -1.81. The SMILES string of the molecule is Cc1cnc(CNC(C)c2ccc(F)cc2)cn1. The fourth-order valence-electron chi connectivity index (χ4n) is 1.64. The largest absolute Gasteiger partial charge is 0.305 e. The molecule has 18 heavy (non-hydrogen) atoms. The zero-order chi connectivity index (χ0) is 13.0. The number of nitrogens with one attached hydrogen (secondary N) is 1. The summed E-state index contributed by atoms with van der Waals surface area (Å²) in [6, 6.07) is 6.66. The van der Waals surface area contributed by atoms with Gasteiger partial charge in [-0.3, -0.25) is 9.97 Å². The first kappa shape index (κ1) is 12.6. The molecule has 2 rings (SSSR count). The van der Waals surface area contributed by atoms with E-state index >= 15 is 0 Å². The van der Waals surface area contributed by atoms with Crippen LogP contribution >= 0.6 is 0 Å². The number of halogens is 1. The molecule has 3 nitrogen and oxygen atoms in total. The summed E-state index contributed by atoms with van der Waals surface area (Å²) >= 11 is 0. The van der Waals surface area contributed by atoms with Crippen molar-refractivity contribution in [2.24, 2.45) is 0 Å². The predicted octanol–water partition coefficient (Wildman–Crippen LogP) is 2.77. The highest BCUT2D eigenvalue weighted by Gasteiger charge is 2.05. The maximum Gasteiger partial charge on any atom is 0.123 e. The van der Waals surface area contributed by atoms with E-state index < -0.39 is 0 Å². The maximum atomic E-state index is 12.8. The van der Waals surface area contributed by atoms with Crippen molar-refractivity contribution in [2.75, 3.05) is 0 Å². The molecule has 4 heteroatoms.